The fraction of sp³-hybridized carbons (Fsp3) is 0.0667. The Morgan fingerprint density at radius 3 is 2.81 bits per heavy atom. The largest absolute Gasteiger partial charge is 0.376 e. The number of anilines is 2. The maximum atomic E-state index is 13.1. The van der Waals surface area contributed by atoms with Gasteiger partial charge < -0.3 is 10.6 Å². The van der Waals surface area contributed by atoms with Crippen molar-refractivity contribution >= 4 is 38.3 Å². The first-order valence-corrected chi connectivity index (χ1v) is 7.17. The second-order valence-corrected chi connectivity index (χ2v) is 5.43. The van der Waals surface area contributed by atoms with Crippen molar-refractivity contribution < 1.29 is 9.18 Å². The van der Waals surface area contributed by atoms with Crippen molar-refractivity contribution in [3.05, 3.63) is 54.3 Å². The Kier molecular flexibility index (Phi) is 3.79. The number of amides is 1. The number of hydrogen-bond donors (Lipinski definition) is 2. The van der Waals surface area contributed by atoms with Gasteiger partial charge in [-0.15, -0.1) is 0 Å². The van der Waals surface area contributed by atoms with Crippen LogP contribution in [0.3, 0.4) is 0 Å². The van der Waals surface area contributed by atoms with E-state index in [0.29, 0.717) is 15.3 Å². The zero-order chi connectivity index (χ0) is 14.7. The van der Waals surface area contributed by atoms with E-state index >= 15 is 0 Å². The van der Waals surface area contributed by atoms with E-state index in [1.54, 1.807) is 6.07 Å². The highest BCUT2D eigenvalue weighted by atomic mass is 32.1. The lowest BCUT2D eigenvalue weighted by Crippen LogP contribution is -2.21. The normalized spacial score (nSPS) is 10.5. The van der Waals surface area contributed by atoms with Crippen molar-refractivity contribution in [1.29, 1.82) is 0 Å². The summed E-state index contributed by atoms with van der Waals surface area (Å²) < 4.78 is 13.8. The minimum Gasteiger partial charge on any atom is -0.376 e. The monoisotopic (exact) mass is 301 g/mol. The Hall–Kier alpha value is -2.47. The van der Waals surface area contributed by atoms with Crippen molar-refractivity contribution in [3.8, 4) is 0 Å². The lowest BCUT2D eigenvalue weighted by atomic mass is 10.3. The predicted molar refractivity (Wildman–Crippen MR) is 83.1 cm³/mol. The average molecular weight is 301 g/mol. The second kappa shape index (κ2) is 5.88. The Balaban J connectivity index is 1.63. The third-order valence-corrected chi connectivity index (χ3v) is 3.76. The van der Waals surface area contributed by atoms with Crippen LogP contribution in [0.25, 0.3) is 10.2 Å². The molecule has 3 rings (SSSR count). The summed E-state index contributed by atoms with van der Waals surface area (Å²) >= 11 is 1.25. The number of rotatable bonds is 4. The quantitative estimate of drug-likeness (QED) is 0.775. The first kappa shape index (κ1) is 13.5. The van der Waals surface area contributed by atoms with Crippen molar-refractivity contribution in [2.75, 3.05) is 17.2 Å². The Morgan fingerprint density at radius 1 is 1.19 bits per heavy atom. The molecular weight excluding hydrogens is 289 g/mol. The van der Waals surface area contributed by atoms with Gasteiger partial charge in [0, 0.05) is 5.69 Å². The molecule has 4 nitrogen and oxygen atoms in total. The standard InChI is InChI=1S/C15H12FN3OS/c16-10-6-7-12-13(8-10)21-15(18-12)19-14(20)9-17-11-4-2-1-3-5-11/h1-8,17H,9H2,(H,18,19,20). The first-order chi connectivity index (χ1) is 10.2. The molecule has 2 aromatic carbocycles. The van der Waals surface area contributed by atoms with Gasteiger partial charge >= 0.3 is 0 Å². The number of nitrogens with zero attached hydrogens (tertiary/aromatic N) is 1. The van der Waals surface area contributed by atoms with Crippen LogP contribution < -0.4 is 10.6 Å². The summed E-state index contributed by atoms with van der Waals surface area (Å²) in [4.78, 5) is 16.1. The van der Waals surface area contributed by atoms with Gasteiger partial charge in [0.2, 0.25) is 5.91 Å². The topological polar surface area (TPSA) is 54.0 Å². The molecule has 21 heavy (non-hydrogen) atoms. The number of carbonyl (C=O) groups is 1. The first-order valence-electron chi connectivity index (χ1n) is 6.35. The van der Waals surface area contributed by atoms with E-state index in [0.717, 1.165) is 5.69 Å². The molecule has 0 saturated heterocycles. The molecule has 0 spiro atoms. The molecular formula is C15H12FN3OS. The Morgan fingerprint density at radius 2 is 2.00 bits per heavy atom. The molecule has 0 aliphatic carbocycles. The lowest BCUT2D eigenvalue weighted by Gasteiger charge is -2.05. The highest BCUT2D eigenvalue weighted by Gasteiger charge is 2.08. The highest BCUT2D eigenvalue weighted by Crippen LogP contribution is 2.26. The molecule has 0 unspecified atom stereocenters. The van der Waals surface area contributed by atoms with Crippen molar-refractivity contribution in [2.24, 2.45) is 0 Å². The Labute approximate surface area is 124 Å². The fourth-order valence-electron chi connectivity index (χ4n) is 1.85. The zero-order valence-electron chi connectivity index (χ0n) is 11.0. The third kappa shape index (κ3) is 3.35. The van der Waals surface area contributed by atoms with Crippen LogP contribution in [-0.4, -0.2) is 17.4 Å². The number of fused-ring (bicyclic) bond motifs is 1. The number of carbonyl (C=O) groups excluding carboxylic acids is 1. The van der Waals surface area contributed by atoms with E-state index in [4.69, 9.17) is 0 Å². The lowest BCUT2D eigenvalue weighted by molar-refractivity contribution is -0.114. The molecule has 1 amide bonds. The molecule has 6 heteroatoms. The van der Waals surface area contributed by atoms with Gasteiger partial charge in [-0.2, -0.15) is 0 Å². The smallest absolute Gasteiger partial charge is 0.245 e. The number of nitrogens with one attached hydrogen (secondary N) is 2. The van der Waals surface area contributed by atoms with Gasteiger partial charge in [-0.25, -0.2) is 9.37 Å². The predicted octanol–water partition coefficient (Wildman–Crippen LogP) is 3.49. The summed E-state index contributed by atoms with van der Waals surface area (Å²) in [5.74, 6) is -0.506. The molecule has 106 valence electrons. The van der Waals surface area contributed by atoms with Gasteiger partial charge in [0.1, 0.15) is 5.82 Å². The fourth-order valence-corrected chi connectivity index (χ4v) is 2.76. The van der Waals surface area contributed by atoms with E-state index in [1.807, 2.05) is 30.3 Å². The maximum Gasteiger partial charge on any atom is 0.245 e. The molecule has 0 saturated carbocycles. The summed E-state index contributed by atoms with van der Waals surface area (Å²) in [6.07, 6.45) is 0. The number of benzene rings is 2. The van der Waals surface area contributed by atoms with Gasteiger partial charge in [-0.3, -0.25) is 4.79 Å². The maximum absolute atomic E-state index is 13.1. The van der Waals surface area contributed by atoms with E-state index in [1.165, 1.54) is 23.5 Å². The SMILES string of the molecule is O=C(CNc1ccccc1)Nc1nc2ccc(F)cc2s1. The van der Waals surface area contributed by atoms with Crippen LogP contribution in [0, 0.1) is 5.82 Å². The van der Waals surface area contributed by atoms with Crippen LogP contribution in [0.4, 0.5) is 15.2 Å². The molecule has 0 radical (unpaired) electrons. The van der Waals surface area contributed by atoms with Gasteiger partial charge in [0.15, 0.2) is 5.13 Å². The molecule has 3 aromatic rings. The van der Waals surface area contributed by atoms with Crippen molar-refractivity contribution in [2.45, 2.75) is 0 Å². The minimum absolute atomic E-state index is 0.147. The third-order valence-electron chi connectivity index (χ3n) is 2.82. The summed E-state index contributed by atoms with van der Waals surface area (Å²) in [6, 6.07) is 13.8. The molecule has 1 aromatic heterocycles. The molecule has 0 fully saturated rings. The van der Waals surface area contributed by atoms with Crippen LogP contribution in [-0.2, 0) is 4.79 Å². The highest BCUT2D eigenvalue weighted by molar-refractivity contribution is 7.22. The van der Waals surface area contributed by atoms with Crippen LogP contribution in [0.2, 0.25) is 0 Å². The van der Waals surface area contributed by atoms with E-state index in [-0.39, 0.29) is 18.3 Å². The second-order valence-electron chi connectivity index (χ2n) is 4.40. The summed E-state index contributed by atoms with van der Waals surface area (Å²) in [7, 11) is 0. The Bertz CT molecular complexity index is 773. The molecule has 0 aliphatic heterocycles. The molecule has 0 atom stereocenters. The molecule has 2 N–H and O–H groups in total. The number of para-hydroxylation sites is 1. The van der Waals surface area contributed by atoms with Crippen molar-refractivity contribution in [3.63, 3.8) is 0 Å². The zero-order valence-corrected chi connectivity index (χ0v) is 11.8. The minimum atomic E-state index is -0.310. The number of aromatic nitrogens is 1. The van der Waals surface area contributed by atoms with E-state index in [2.05, 4.69) is 15.6 Å². The van der Waals surface area contributed by atoms with Crippen molar-refractivity contribution in [1.82, 2.24) is 4.98 Å². The average Bonchev–Trinajstić information content (AvgIpc) is 2.87. The summed E-state index contributed by atoms with van der Waals surface area (Å²) in [5, 5.41) is 6.18. The molecule has 0 bridgehead atoms. The van der Waals surface area contributed by atoms with E-state index < -0.39 is 0 Å². The van der Waals surface area contributed by atoms with Crippen LogP contribution in [0.15, 0.2) is 48.5 Å². The van der Waals surface area contributed by atoms with Crippen LogP contribution in [0.1, 0.15) is 0 Å². The summed E-state index contributed by atoms with van der Waals surface area (Å²) in [6.45, 7) is 0.147. The van der Waals surface area contributed by atoms with Crippen LogP contribution in [0.5, 0.6) is 0 Å². The van der Waals surface area contributed by atoms with E-state index in [9.17, 15) is 9.18 Å². The van der Waals surface area contributed by atoms with Gasteiger partial charge in [-0.1, -0.05) is 29.5 Å². The number of halogens is 1. The number of thiazole rings is 1. The van der Waals surface area contributed by atoms with Gasteiger partial charge in [0.05, 0.1) is 16.8 Å². The van der Waals surface area contributed by atoms with Gasteiger partial charge in [-0.05, 0) is 30.3 Å². The summed E-state index contributed by atoms with van der Waals surface area (Å²) in [5.41, 5.74) is 1.55. The molecule has 0 aliphatic rings. The molecule has 1 heterocycles. The van der Waals surface area contributed by atoms with Gasteiger partial charge in [0.25, 0.3) is 0 Å². The van der Waals surface area contributed by atoms with Crippen LogP contribution >= 0.6 is 11.3 Å². The number of hydrogen-bond acceptors (Lipinski definition) is 4.